The van der Waals surface area contributed by atoms with Gasteiger partial charge in [0, 0.05) is 15.6 Å². The van der Waals surface area contributed by atoms with E-state index in [-0.39, 0.29) is 13.2 Å². The number of hydrogen-bond acceptors (Lipinski definition) is 3. The zero-order valence-electron chi connectivity index (χ0n) is 14.1. The molecule has 4 nitrogen and oxygen atoms in total. The maximum Gasteiger partial charge on any atom is 0.264 e. The molecule has 3 aromatic carbocycles. The number of rotatable bonds is 4. The van der Waals surface area contributed by atoms with Gasteiger partial charge in [0.1, 0.15) is 12.4 Å². The van der Waals surface area contributed by atoms with Crippen LogP contribution in [0.5, 0.6) is 5.75 Å². The molecule has 4 rings (SSSR count). The average Bonchev–Trinajstić information content (AvgIpc) is 2.92. The van der Waals surface area contributed by atoms with E-state index in [1.54, 1.807) is 48.5 Å². The first-order valence-electron chi connectivity index (χ1n) is 8.23. The fourth-order valence-corrected chi connectivity index (χ4v) is 5.18. The van der Waals surface area contributed by atoms with E-state index in [1.807, 2.05) is 18.2 Å². The number of sulfonamides is 1. The molecule has 1 heterocycles. The number of nitrogens with zero attached hydrogens (tertiary/aromatic N) is 1. The third-order valence-corrected chi connectivity index (χ3v) is 6.99. The van der Waals surface area contributed by atoms with Crippen molar-refractivity contribution in [1.29, 1.82) is 0 Å². The molecule has 0 saturated carbocycles. The van der Waals surface area contributed by atoms with E-state index in [0.29, 0.717) is 37.5 Å². The van der Waals surface area contributed by atoms with Crippen molar-refractivity contribution in [2.75, 3.05) is 4.31 Å². The van der Waals surface area contributed by atoms with Crippen LogP contribution in [0.1, 0.15) is 11.1 Å². The third-order valence-electron chi connectivity index (χ3n) is 4.40. The quantitative estimate of drug-likeness (QED) is 0.577. The van der Waals surface area contributed by atoms with E-state index < -0.39 is 10.0 Å². The average molecular weight is 420 g/mol. The standard InChI is InChI=1S/C20H15Cl2NO3S/c21-18-7-4-8-19(22)17(18)13-26-16-9-10-20-14(11-16)12-23(27(20,24)25)15-5-2-1-3-6-15/h1-11H,12-13H2. The molecule has 0 N–H and O–H groups in total. The number of ether oxygens (including phenoxy) is 1. The zero-order valence-corrected chi connectivity index (χ0v) is 16.4. The van der Waals surface area contributed by atoms with Crippen molar-refractivity contribution in [2.24, 2.45) is 0 Å². The van der Waals surface area contributed by atoms with Crippen molar-refractivity contribution in [1.82, 2.24) is 0 Å². The largest absolute Gasteiger partial charge is 0.489 e. The fraction of sp³-hybridized carbons (Fsp3) is 0.100. The van der Waals surface area contributed by atoms with Gasteiger partial charge in [0.15, 0.2) is 0 Å². The normalized spacial score (nSPS) is 14.8. The highest BCUT2D eigenvalue weighted by atomic mass is 35.5. The Kier molecular flexibility index (Phi) is 4.76. The van der Waals surface area contributed by atoms with Crippen LogP contribution >= 0.6 is 23.2 Å². The molecule has 0 spiro atoms. The van der Waals surface area contributed by atoms with Crippen LogP contribution in [-0.4, -0.2) is 8.42 Å². The van der Waals surface area contributed by atoms with Crippen molar-refractivity contribution in [2.45, 2.75) is 18.0 Å². The molecule has 0 fully saturated rings. The molecule has 1 aliphatic rings. The summed E-state index contributed by atoms with van der Waals surface area (Å²) in [5.74, 6) is 0.565. The first-order valence-corrected chi connectivity index (χ1v) is 10.4. The van der Waals surface area contributed by atoms with Crippen LogP contribution in [0.25, 0.3) is 0 Å². The summed E-state index contributed by atoms with van der Waals surface area (Å²) in [6, 6.07) is 19.3. The monoisotopic (exact) mass is 419 g/mol. The molecule has 138 valence electrons. The van der Waals surface area contributed by atoms with Gasteiger partial charge in [-0.1, -0.05) is 47.5 Å². The first-order chi connectivity index (χ1) is 13.0. The second-order valence-electron chi connectivity index (χ2n) is 6.11. The van der Waals surface area contributed by atoms with Gasteiger partial charge in [-0.05, 0) is 48.0 Å². The lowest BCUT2D eigenvalue weighted by Gasteiger charge is -2.16. The van der Waals surface area contributed by atoms with Crippen LogP contribution < -0.4 is 9.04 Å². The summed E-state index contributed by atoms with van der Waals surface area (Å²) in [4.78, 5) is 0.300. The summed E-state index contributed by atoms with van der Waals surface area (Å²) in [6.07, 6.45) is 0. The van der Waals surface area contributed by atoms with Crippen molar-refractivity contribution in [3.8, 4) is 5.75 Å². The molecule has 1 aliphatic heterocycles. The molecule has 0 radical (unpaired) electrons. The summed E-state index contributed by atoms with van der Waals surface area (Å²) in [6.45, 7) is 0.470. The highest BCUT2D eigenvalue weighted by Gasteiger charge is 2.34. The second-order valence-corrected chi connectivity index (χ2v) is 8.75. The first kappa shape index (κ1) is 18.2. The van der Waals surface area contributed by atoms with Gasteiger partial charge < -0.3 is 4.74 Å². The third kappa shape index (κ3) is 3.38. The molecule has 27 heavy (non-hydrogen) atoms. The Morgan fingerprint density at radius 2 is 1.63 bits per heavy atom. The Morgan fingerprint density at radius 1 is 0.926 bits per heavy atom. The van der Waals surface area contributed by atoms with Crippen molar-refractivity contribution in [3.05, 3.63) is 87.9 Å². The van der Waals surface area contributed by atoms with Gasteiger partial charge in [-0.15, -0.1) is 0 Å². The van der Waals surface area contributed by atoms with Gasteiger partial charge >= 0.3 is 0 Å². The smallest absolute Gasteiger partial charge is 0.264 e. The highest BCUT2D eigenvalue weighted by Crippen LogP contribution is 2.36. The van der Waals surface area contributed by atoms with Crippen molar-refractivity contribution in [3.63, 3.8) is 0 Å². The van der Waals surface area contributed by atoms with Gasteiger partial charge in [0.05, 0.1) is 17.1 Å². The number of halogens is 2. The van der Waals surface area contributed by atoms with Crippen LogP contribution in [0.2, 0.25) is 10.0 Å². The van der Waals surface area contributed by atoms with Crippen molar-refractivity contribution < 1.29 is 13.2 Å². The lowest BCUT2D eigenvalue weighted by atomic mass is 10.2. The molecule has 7 heteroatoms. The van der Waals surface area contributed by atoms with Crippen molar-refractivity contribution >= 4 is 38.9 Å². The zero-order chi connectivity index (χ0) is 19.0. The summed E-state index contributed by atoms with van der Waals surface area (Å²) in [5.41, 5.74) is 2.03. The molecule has 0 atom stereocenters. The highest BCUT2D eigenvalue weighted by molar-refractivity contribution is 7.93. The van der Waals surface area contributed by atoms with E-state index in [9.17, 15) is 8.42 Å². The molecule has 0 bridgehead atoms. The second kappa shape index (κ2) is 7.08. The Bertz CT molecular complexity index is 1080. The number of anilines is 1. The SMILES string of the molecule is O=S1(=O)c2ccc(OCc3c(Cl)cccc3Cl)cc2CN1c1ccccc1. The van der Waals surface area contributed by atoms with E-state index >= 15 is 0 Å². The maximum absolute atomic E-state index is 12.8. The van der Waals surface area contributed by atoms with Gasteiger partial charge in [0.2, 0.25) is 0 Å². The van der Waals surface area contributed by atoms with Crippen LogP contribution in [-0.2, 0) is 23.2 Å². The summed E-state index contributed by atoms with van der Waals surface area (Å²) in [5, 5.41) is 1.06. The predicted molar refractivity (Wildman–Crippen MR) is 107 cm³/mol. The predicted octanol–water partition coefficient (Wildman–Crippen LogP) is 5.28. The maximum atomic E-state index is 12.8. The number of benzene rings is 3. The van der Waals surface area contributed by atoms with Gasteiger partial charge in [-0.3, -0.25) is 4.31 Å². The van der Waals surface area contributed by atoms with E-state index in [4.69, 9.17) is 27.9 Å². The molecule has 0 saturated heterocycles. The number of fused-ring (bicyclic) bond motifs is 1. The lowest BCUT2D eigenvalue weighted by molar-refractivity contribution is 0.306. The molecule has 0 aromatic heterocycles. The fourth-order valence-electron chi connectivity index (χ4n) is 3.03. The number of hydrogen-bond donors (Lipinski definition) is 0. The van der Waals surface area contributed by atoms with E-state index in [1.165, 1.54) is 4.31 Å². The molecule has 0 amide bonds. The van der Waals surface area contributed by atoms with Gasteiger partial charge in [-0.25, -0.2) is 8.42 Å². The molecule has 3 aromatic rings. The summed E-state index contributed by atoms with van der Waals surface area (Å²) < 4.78 is 32.8. The van der Waals surface area contributed by atoms with Crippen LogP contribution in [0.4, 0.5) is 5.69 Å². The van der Waals surface area contributed by atoms with E-state index in [0.717, 1.165) is 0 Å². The summed E-state index contributed by atoms with van der Waals surface area (Å²) in [7, 11) is -3.56. The minimum absolute atomic E-state index is 0.201. The molecular formula is C20H15Cl2NO3S. The minimum Gasteiger partial charge on any atom is -0.489 e. The van der Waals surface area contributed by atoms with Crippen LogP contribution in [0.15, 0.2) is 71.6 Å². The van der Waals surface area contributed by atoms with Crippen LogP contribution in [0.3, 0.4) is 0 Å². The molecule has 0 aliphatic carbocycles. The van der Waals surface area contributed by atoms with E-state index in [2.05, 4.69) is 0 Å². The van der Waals surface area contributed by atoms with Gasteiger partial charge in [0.25, 0.3) is 10.0 Å². The Balaban J connectivity index is 1.59. The topological polar surface area (TPSA) is 46.6 Å². The molecular weight excluding hydrogens is 405 g/mol. The Labute approximate surface area is 168 Å². The Morgan fingerprint density at radius 3 is 2.33 bits per heavy atom. The molecule has 0 unspecified atom stereocenters. The lowest BCUT2D eigenvalue weighted by Crippen LogP contribution is -2.23. The number of para-hydroxylation sites is 1. The van der Waals surface area contributed by atoms with Crippen LogP contribution in [0, 0.1) is 0 Å². The Hall–Kier alpha value is -2.21. The summed E-state index contributed by atoms with van der Waals surface area (Å²) >= 11 is 12.3. The van der Waals surface area contributed by atoms with Gasteiger partial charge in [-0.2, -0.15) is 0 Å². The minimum atomic E-state index is -3.56.